The Labute approximate surface area is 225 Å². The maximum Gasteiger partial charge on any atom is 0.370 e. The summed E-state index contributed by atoms with van der Waals surface area (Å²) in [6.45, 7) is 2.17. The van der Waals surface area contributed by atoms with Crippen LogP contribution in [-0.4, -0.2) is 36.3 Å². The Balaban J connectivity index is 1.71. The molecular formula is C22H20Cl2N2O5S4. The number of hydrogen-bond acceptors (Lipinski definition) is 8. The summed E-state index contributed by atoms with van der Waals surface area (Å²) in [5.74, 6) is -1.39. The van der Waals surface area contributed by atoms with Gasteiger partial charge in [-0.2, -0.15) is 4.57 Å². The number of aromatic nitrogens is 1. The number of thiazole rings is 1. The molecule has 0 saturated carbocycles. The second kappa shape index (κ2) is 10.8. The smallest absolute Gasteiger partial charge is 0.370 e. The van der Waals surface area contributed by atoms with Crippen molar-refractivity contribution in [3.8, 4) is 0 Å². The minimum absolute atomic E-state index is 0.180. The first-order chi connectivity index (χ1) is 16.5. The molecule has 2 aromatic heterocycles. The highest BCUT2D eigenvalue weighted by Crippen LogP contribution is 2.47. The van der Waals surface area contributed by atoms with Crippen LogP contribution in [0.2, 0.25) is 9.36 Å². The number of anilines is 1. The van der Waals surface area contributed by atoms with E-state index in [-0.39, 0.29) is 13.0 Å². The molecule has 3 aromatic rings. The number of aliphatic carboxylic acids is 1. The van der Waals surface area contributed by atoms with Crippen molar-refractivity contribution in [3.63, 3.8) is 0 Å². The van der Waals surface area contributed by atoms with E-state index in [1.807, 2.05) is 36.1 Å². The Kier molecular flexibility index (Phi) is 8.16. The van der Waals surface area contributed by atoms with Crippen molar-refractivity contribution in [2.24, 2.45) is 0 Å². The van der Waals surface area contributed by atoms with Crippen molar-refractivity contribution in [2.45, 2.75) is 31.2 Å². The lowest BCUT2D eigenvalue weighted by molar-refractivity contribution is -0.657. The van der Waals surface area contributed by atoms with E-state index in [1.165, 1.54) is 34.4 Å². The number of nitrogens with zero attached hydrogens (tertiary/aromatic N) is 2. The van der Waals surface area contributed by atoms with Gasteiger partial charge in [-0.1, -0.05) is 53.2 Å². The van der Waals surface area contributed by atoms with Crippen molar-refractivity contribution in [3.05, 3.63) is 55.3 Å². The summed E-state index contributed by atoms with van der Waals surface area (Å²) in [6.07, 6.45) is 4.85. The molecule has 1 N–H and O–H groups in total. The van der Waals surface area contributed by atoms with Gasteiger partial charge in [-0.3, -0.25) is 0 Å². The molecule has 0 radical (unpaired) electrons. The summed E-state index contributed by atoms with van der Waals surface area (Å²) in [6, 6.07) is 7.31. The van der Waals surface area contributed by atoms with Gasteiger partial charge >= 0.3 is 5.97 Å². The number of carboxylic acids is 1. The van der Waals surface area contributed by atoms with Gasteiger partial charge in [0.15, 0.2) is 4.01 Å². The van der Waals surface area contributed by atoms with E-state index >= 15 is 0 Å². The van der Waals surface area contributed by atoms with Crippen molar-refractivity contribution >= 4 is 95.0 Å². The van der Waals surface area contributed by atoms with Crippen LogP contribution in [0.1, 0.15) is 24.8 Å². The van der Waals surface area contributed by atoms with Crippen LogP contribution in [0.3, 0.4) is 0 Å². The number of fused-ring (bicyclic) bond motifs is 2. The van der Waals surface area contributed by atoms with Gasteiger partial charge in [0.1, 0.15) is 4.34 Å². The van der Waals surface area contributed by atoms with Crippen molar-refractivity contribution in [1.29, 1.82) is 0 Å². The third kappa shape index (κ3) is 6.40. The predicted octanol–water partition coefficient (Wildman–Crippen LogP) is 5.82. The highest BCUT2D eigenvalue weighted by Gasteiger charge is 2.27. The quantitative estimate of drug-likeness (QED) is 0.247. The van der Waals surface area contributed by atoms with Gasteiger partial charge in [0.2, 0.25) is 12.1 Å². The number of halogens is 2. The number of thiophene rings is 1. The Morgan fingerprint density at radius 3 is 2.71 bits per heavy atom. The zero-order chi connectivity index (χ0) is 25.3. The lowest BCUT2D eigenvalue weighted by Crippen LogP contribution is -2.39. The summed E-state index contributed by atoms with van der Waals surface area (Å²) in [4.78, 5) is 14.5. The maximum absolute atomic E-state index is 11.5. The Morgan fingerprint density at radius 2 is 2.03 bits per heavy atom. The minimum Gasteiger partial charge on any atom is -0.748 e. The van der Waals surface area contributed by atoms with Gasteiger partial charge in [-0.25, -0.2) is 13.2 Å². The standard InChI is InChI=1S/C22H20Cl2N2O5S4/c1-2-13(9-20-26(12-21(27)28)16-11-18(24)33-22(16)34-20)8-19-25(6-3-7-35(29,30)31)15-10-14(23)4-5-17(15)32-19/h4-5,8-11H,2-3,6-7,12H2,1H3,(H-,27,28,29,30,31). The van der Waals surface area contributed by atoms with E-state index in [2.05, 4.69) is 0 Å². The van der Waals surface area contributed by atoms with Gasteiger partial charge in [0.05, 0.1) is 20.8 Å². The van der Waals surface area contributed by atoms with Crippen LogP contribution >= 0.6 is 57.6 Å². The number of carboxylic acid groups (broad SMARTS) is 1. The molecule has 0 atom stereocenters. The summed E-state index contributed by atoms with van der Waals surface area (Å²) >= 11 is 16.8. The molecule has 0 spiro atoms. The van der Waals surface area contributed by atoms with Crippen LogP contribution in [0.25, 0.3) is 15.6 Å². The molecule has 1 aliphatic heterocycles. The SMILES string of the molecule is CCC(=Cc1sc2sc(Cl)cc2[n+]1CC(=O)O)C=C1Sc2ccc(Cl)cc2N1CCCS(=O)(=O)[O-]. The molecule has 35 heavy (non-hydrogen) atoms. The first-order valence-electron chi connectivity index (χ1n) is 10.5. The Bertz CT molecular complexity index is 1460. The largest absolute Gasteiger partial charge is 0.748 e. The van der Waals surface area contributed by atoms with E-state index in [0.717, 1.165) is 35.7 Å². The molecule has 1 aliphatic rings. The van der Waals surface area contributed by atoms with Crippen LogP contribution in [0.15, 0.2) is 45.8 Å². The number of allylic oxidation sites excluding steroid dienone is 2. The number of benzene rings is 1. The molecule has 0 amide bonds. The summed E-state index contributed by atoms with van der Waals surface area (Å²) < 4.78 is 36.7. The van der Waals surface area contributed by atoms with E-state index in [1.54, 1.807) is 16.7 Å². The number of carbonyl (C=O) groups is 1. The number of thioether (sulfide) groups is 1. The first-order valence-corrected chi connectivity index (χ1v) is 15.3. The molecule has 186 valence electrons. The highest BCUT2D eigenvalue weighted by molar-refractivity contribution is 8.03. The van der Waals surface area contributed by atoms with Gasteiger partial charge < -0.3 is 14.6 Å². The summed E-state index contributed by atoms with van der Waals surface area (Å²) in [7, 11) is -4.31. The Morgan fingerprint density at radius 1 is 1.26 bits per heavy atom. The lowest BCUT2D eigenvalue weighted by Gasteiger charge is -2.21. The van der Waals surface area contributed by atoms with Crippen molar-refractivity contribution in [1.82, 2.24) is 0 Å². The topological polar surface area (TPSA) is 102 Å². The number of rotatable bonds is 9. The molecule has 13 heteroatoms. The average Bonchev–Trinajstić information content (AvgIpc) is 3.38. The molecule has 0 bridgehead atoms. The zero-order valence-corrected chi connectivity index (χ0v) is 23.1. The van der Waals surface area contributed by atoms with Crippen molar-refractivity contribution in [2.75, 3.05) is 17.2 Å². The van der Waals surface area contributed by atoms with Gasteiger partial charge in [-0.15, -0.1) is 11.3 Å². The highest BCUT2D eigenvalue weighted by atomic mass is 35.5. The average molecular weight is 592 g/mol. The third-order valence-corrected chi connectivity index (χ3v) is 9.82. The molecule has 1 aromatic carbocycles. The fourth-order valence-corrected chi connectivity index (χ4v) is 8.17. The first kappa shape index (κ1) is 26.5. The minimum atomic E-state index is -4.31. The molecule has 3 heterocycles. The summed E-state index contributed by atoms with van der Waals surface area (Å²) in [5.41, 5.74) is 2.62. The molecule has 4 rings (SSSR count). The van der Waals surface area contributed by atoms with Crippen LogP contribution in [0.4, 0.5) is 5.69 Å². The Hall–Kier alpha value is -1.60. The fourth-order valence-electron chi connectivity index (χ4n) is 3.65. The predicted molar refractivity (Wildman–Crippen MR) is 143 cm³/mol. The maximum atomic E-state index is 11.5. The monoisotopic (exact) mass is 590 g/mol. The molecule has 0 aliphatic carbocycles. The third-order valence-electron chi connectivity index (χ3n) is 5.19. The van der Waals surface area contributed by atoms with Gasteiger partial charge in [0, 0.05) is 34.4 Å². The molecule has 7 nitrogen and oxygen atoms in total. The second-order valence-electron chi connectivity index (χ2n) is 7.68. The molecule has 0 saturated heterocycles. The van der Waals surface area contributed by atoms with E-state index < -0.39 is 21.8 Å². The fraction of sp³-hybridized carbons (Fsp3) is 0.273. The second-order valence-corrected chi connectivity index (χ2v) is 13.7. The molecule has 0 fully saturated rings. The van der Waals surface area contributed by atoms with E-state index in [0.29, 0.717) is 22.3 Å². The number of hydrogen-bond donors (Lipinski definition) is 1. The lowest BCUT2D eigenvalue weighted by atomic mass is 10.2. The molecular weight excluding hydrogens is 571 g/mol. The van der Waals surface area contributed by atoms with Crippen LogP contribution in [-0.2, 0) is 21.5 Å². The van der Waals surface area contributed by atoms with Crippen LogP contribution in [0, 0.1) is 0 Å². The van der Waals surface area contributed by atoms with Gasteiger partial charge in [0.25, 0.3) is 5.01 Å². The van der Waals surface area contributed by atoms with Gasteiger partial charge in [-0.05, 0) is 42.7 Å². The van der Waals surface area contributed by atoms with E-state index in [4.69, 9.17) is 23.2 Å². The molecule has 0 unspecified atom stereocenters. The van der Waals surface area contributed by atoms with Crippen LogP contribution < -0.4 is 9.47 Å². The zero-order valence-electron chi connectivity index (χ0n) is 18.4. The van der Waals surface area contributed by atoms with Crippen LogP contribution in [0.5, 0.6) is 0 Å². The van der Waals surface area contributed by atoms with E-state index in [9.17, 15) is 22.9 Å². The summed E-state index contributed by atoms with van der Waals surface area (Å²) in [5, 5.41) is 11.7. The van der Waals surface area contributed by atoms with Crippen molar-refractivity contribution < 1.29 is 27.4 Å². The normalized spacial score (nSPS) is 15.4.